The smallest absolute Gasteiger partial charge is 0.264 e. The summed E-state index contributed by atoms with van der Waals surface area (Å²) in [6.07, 6.45) is 5.25. The number of rotatable bonds is 5. The summed E-state index contributed by atoms with van der Waals surface area (Å²) >= 11 is 1.39. The minimum Gasteiger partial charge on any atom is -0.391 e. The zero-order chi connectivity index (χ0) is 19.5. The highest BCUT2D eigenvalue weighted by Crippen LogP contribution is 2.34. The van der Waals surface area contributed by atoms with Crippen molar-refractivity contribution in [2.45, 2.75) is 32.3 Å². The maximum absolute atomic E-state index is 13.0. The molecule has 0 saturated carbocycles. The first-order valence-corrected chi connectivity index (χ1v) is 10.3. The Balaban J connectivity index is 1.55. The molecule has 1 saturated heterocycles. The highest BCUT2D eigenvalue weighted by atomic mass is 32.1. The van der Waals surface area contributed by atoms with Crippen LogP contribution < -0.4 is 5.32 Å². The van der Waals surface area contributed by atoms with Crippen LogP contribution in [0.15, 0.2) is 30.7 Å². The van der Waals surface area contributed by atoms with Crippen molar-refractivity contribution in [1.29, 1.82) is 0 Å². The van der Waals surface area contributed by atoms with Gasteiger partial charge in [0.25, 0.3) is 5.91 Å². The number of pyridine rings is 1. The molecule has 0 bridgehead atoms. The van der Waals surface area contributed by atoms with Gasteiger partial charge in [-0.05, 0) is 37.5 Å². The van der Waals surface area contributed by atoms with E-state index in [0.29, 0.717) is 24.5 Å². The number of anilines is 1. The molecule has 1 amide bonds. The van der Waals surface area contributed by atoms with Crippen LogP contribution in [0.3, 0.4) is 0 Å². The van der Waals surface area contributed by atoms with Gasteiger partial charge in [-0.3, -0.25) is 9.78 Å². The number of aliphatic hydroxyl groups excluding tert-OH is 1. The maximum Gasteiger partial charge on any atom is 0.264 e. The Kier molecular flexibility index (Phi) is 5.50. The molecule has 2 N–H and O–H groups in total. The number of piperidine rings is 1. The molecule has 146 valence electrons. The predicted octanol–water partition coefficient (Wildman–Crippen LogP) is 2.65. The summed E-state index contributed by atoms with van der Waals surface area (Å²) in [5.41, 5.74) is 1.91. The summed E-state index contributed by atoms with van der Waals surface area (Å²) in [7, 11) is 0. The largest absolute Gasteiger partial charge is 0.391 e. The Morgan fingerprint density at radius 2 is 2.25 bits per heavy atom. The maximum atomic E-state index is 13.0. The lowest BCUT2D eigenvalue weighted by Gasteiger charge is -2.29. The summed E-state index contributed by atoms with van der Waals surface area (Å²) in [5, 5.41) is 14.2. The lowest BCUT2D eigenvalue weighted by Crippen LogP contribution is -2.42. The Morgan fingerprint density at radius 3 is 3.04 bits per heavy atom. The third kappa shape index (κ3) is 3.83. The zero-order valence-electron chi connectivity index (χ0n) is 15.8. The van der Waals surface area contributed by atoms with Gasteiger partial charge in [-0.2, -0.15) is 0 Å². The fourth-order valence-corrected chi connectivity index (χ4v) is 4.66. The second-order valence-electron chi connectivity index (χ2n) is 7.00. The van der Waals surface area contributed by atoms with Crippen LogP contribution in [0.25, 0.3) is 10.2 Å². The molecule has 0 radical (unpaired) electrons. The van der Waals surface area contributed by atoms with Gasteiger partial charge in [0.2, 0.25) is 0 Å². The van der Waals surface area contributed by atoms with Crippen LogP contribution in [0.5, 0.6) is 0 Å². The molecule has 1 aliphatic heterocycles. The summed E-state index contributed by atoms with van der Waals surface area (Å²) in [5.74, 6) is 0.714. The number of carbonyl (C=O) groups excluding carboxylic acids is 1. The van der Waals surface area contributed by atoms with Gasteiger partial charge < -0.3 is 15.3 Å². The number of nitrogens with one attached hydrogen (secondary N) is 1. The van der Waals surface area contributed by atoms with Gasteiger partial charge in [0.1, 0.15) is 17.0 Å². The highest BCUT2D eigenvalue weighted by Gasteiger charge is 2.27. The van der Waals surface area contributed by atoms with Gasteiger partial charge >= 0.3 is 0 Å². The number of amides is 1. The number of thiophene rings is 1. The van der Waals surface area contributed by atoms with E-state index in [9.17, 15) is 9.90 Å². The summed E-state index contributed by atoms with van der Waals surface area (Å²) in [6, 6.07) is 5.88. The minimum absolute atomic E-state index is 0.0290. The molecule has 1 unspecified atom stereocenters. The van der Waals surface area contributed by atoms with E-state index < -0.39 is 6.10 Å². The van der Waals surface area contributed by atoms with E-state index in [1.54, 1.807) is 11.1 Å². The molecule has 3 aromatic rings. The Labute approximate surface area is 167 Å². The molecule has 3 aromatic heterocycles. The lowest BCUT2D eigenvalue weighted by atomic mass is 10.1. The molecular formula is C20H23N5O2S. The molecular weight excluding hydrogens is 374 g/mol. The number of carbonyl (C=O) groups is 1. The van der Waals surface area contributed by atoms with Gasteiger partial charge in [-0.15, -0.1) is 11.3 Å². The van der Waals surface area contributed by atoms with Gasteiger partial charge in [0.15, 0.2) is 0 Å². The highest BCUT2D eigenvalue weighted by molar-refractivity contribution is 7.20. The number of hydrogen-bond donors (Lipinski definition) is 2. The van der Waals surface area contributed by atoms with Gasteiger partial charge in [0.05, 0.1) is 16.4 Å². The normalized spacial score (nSPS) is 17.1. The number of hydrogen-bond acceptors (Lipinski definition) is 7. The van der Waals surface area contributed by atoms with E-state index in [1.165, 1.54) is 17.7 Å². The molecule has 7 nitrogen and oxygen atoms in total. The van der Waals surface area contributed by atoms with E-state index >= 15 is 0 Å². The summed E-state index contributed by atoms with van der Waals surface area (Å²) in [6.45, 7) is 3.72. The number of β-amino-alcohol motifs (C(OH)–C–C–N with tert-alkyl or cyclic N) is 1. The number of aromatic nitrogens is 3. The third-order valence-corrected chi connectivity index (χ3v) is 6.19. The molecule has 8 heteroatoms. The van der Waals surface area contributed by atoms with Gasteiger partial charge in [0, 0.05) is 37.9 Å². The molecule has 0 aromatic carbocycles. The van der Waals surface area contributed by atoms with Crippen molar-refractivity contribution >= 4 is 33.3 Å². The van der Waals surface area contributed by atoms with E-state index in [1.807, 2.05) is 25.1 Å². The minimum atomic E-state index is -0.434. The van der Waals surface area contributed by atoms with Crippen molar-refractivity contribution in [3.8, 4) is 0 Å². The number of nitrogens with zero attached hydrogens (tertiary/aromatic N) is 4. The molecule has 0 aliphatic carbocycles. The quantitative estimate of drug-likeness (QED) is 0.688. The SMILES string of the molecule is Cc1c(C(=O)N2CCCC(O)C2)sc2ncnc(NCCc3ccccn3)c12. The Hall–Kier alpha value is -2.58. The van der Waals surface area contributed by atoms with E-state index in [2.05, 4.69) is 20.3 Å². The number of likely N-dealkylation sites (tertiary alicyclic amines) is 1. The lowest BCUT2D eigenvalue weighted by molar-refractivity contribution is 0.0477. The van der Waals surface area contributed by atoms with Crippen LogP contribution in [0.1, 0.15) is 33.8 Å². The van der Waals surface area contributed by atoms with Crippen LogP contribution >= 0.6 is 11.3 Å². The van der Waals surface area contributed by atoms with E-state index in [0.717, 1.165) is 46.6 Å². The van der Waals surface area contributed by atoms with Crippen LogP contribution in [-0.4, -0.2) is 56.6 Å². The zero-order valence-corrected chi connectivity index (χ0v) is 16.6. The van der Waals surface area contributed by atoms with E-state index in [-0.39, 0.29) is 5.91 Å². The van der Waals surface area contributed by atoms with Gasteiger partial charge in [-0.25, -0.2) is 9.97 Å². The monoisotopic (exact) mass is 397 g/mol. The van der Waals surface area contributed by atoms with Crippen LogP contribution in [0.2, 0.25) is 0 Å². The Morgan fingerprint density at radius 1 is 1.36 bits per heavy atom. The van der Waals surface area contributed by atoms with Crippen molar-refractivity contribution in [3.63, 3.8) is 0 Å². The second-order valence-corrected chi connectivity index (χ2v) is 8.00. The van der Waals surface area contributed by atoms with Crippen molar-refractivity contribution in [1.82, 2.24) is 19.9 Å². The van der Waals surface area contributed by atoms with Crippen LogP contribution in [0, 0.1) is 6.92 Å². The predicted molar refractivity (Wildman–Crippen MR) is 110 cm³/mol. The van der Waals surface area contributed by atoms with Crippen molar-refractivity contribution in [2.75, 3.05) is 25.0 Å². The molecule has 28 heavy (non-hydrogen) atoms. The molecule has 4 heterocycles. The fraction of sp³-hybridized carbons (Fsp3) is 0.400. The first-order valence-electron chi connectivity index (χ1n) is 9.48. The molecule has 1 atom stereocenters. The van der Waals surface area contributed by atoms with Crippen molar-refractivity contribution in [2.24, 2.45) is 0 Å². The molecule has 1 fully saturated rings. The number of aryl methyl sites for hydroxylation is 1. The fourth-order valence-electron chi connectivity index (χ4n) is 3.55. The molecule has 1 aliphatic rings. The second kappa shape index (κ2) is 8.20. The van der Waals surface area contributed by atoms with Crippen LogP contribution in [-0.2, 0) is 6.42 Å². The average molecular weight is 398 g/mol. The first-order chi connectivity index (χ1) is 13.6. The average Bonchev–Trinajstić information content (AvgIpc) is 3.06. The molecule has 4 rings (SSSR count). The number of aliphatic hydroxyl groups is 1. The third-order valence-electron chi connectivity index (χ3n) is 5.00. The van der Waals surface area contributed by atoms with Crippen LogP contribution in [0.4, 0.5) is 5.82 Å². The first kappa shape index (κ1) is 18.8. The van der Waals surface area contributed by atoms with E-state index in [4.69, 9.17) is 0 Å². The summed E-state index contributed by atoms with van der Waals surface area (Å²) in [4.78, 5) is 29.3. The summed E-state index contributed by atoms with van der Waals surface area (Å²) < 4.78 is 0. The Bertz CT molecular complexity index is 975. The topological polar surface area (TPSA) is 91.2 Å². The van der Waals surface area contributed by atoms with Crippen molar-refractivity contribution in [3.05, 3.63) is 46.9 Å². The van der Waals surface area contributed by atoms with Gasteiger partial charge in [-0.1, -0.05) is 6.07 Å². The van der Waals surface area contributed by atoms with Crippen molar-refractivity contribution < 1.29 is 9.90 Å². The number of fused-ring (bicyclic) bond motifs is 1. The standard InChI is InChI=1S/C20H23N5O2S/c1-13-16-18(22-9-7-14-5-2-3-8-21-14)23-12-24-19(16)28-17(13)20(27)25-10-4-6-15(26)11-25/h2-3,5,8,12,15,26H,4,6-7,9-11H2,1H3,(H,22,23,24). The molecule has 0 spiro atoms.